The van der Waals surface area contributed by atoms with Crippen LogP contribution in [-0.2, 0) is 13.1 Å². The Kier molecular flexibility index (Phi) is 4.46. The van der Waals surface area contributed by atoms with Crippen molar-refractivity contribution in [1.82, 2.24) is 15.1 Å². The summed E-state index contributed by atoms with van der Waals surface area (Å²) in [6.07, 6.45) is 3.39. The van der Waals surface area contributed by atoms with Crippen LogP contribution in [0, 0.1) is 0 Å². The zero-order valence-electron chi connectivity index (χ0n) is 8.21. The second-order valence-corrected chi connectivity index (χ2v) is 4.10. The third kappa shape index (κ3) is 5.08. The molecule has 0 radical (unpaired) electrons. The van der Waals surface area contributed by atoms with Crippen molar-refractivity contribution >= 4 is 11.8 Å². The van der Waals surface area contributed by atoms with Gasteiger partial charge in [-0.25, -0.2) is 0 Å². The van der Waals surface area contributed by atoms with Gasteiger partial charge in [-0.1, -0.05) is 0 Å². The Bertz CT molecular complexity index is 298. The molecular weight excluding hydrogens is 227 g/mol. The molecule has 0 spiro atoms. The van der Waals surface area contributed by atoms with Crippen molar-refractivity contribution in [3.05, 3.63) is 18.0 Å². The Balaban J connectivity index is 2.31. The number of alkyl halides is 3. The van der Waals surface area contributed by atoms with E-state index in [-0.39, 0.29) is 24.1 Å². The molecular formula is C8H12F3N3S. The molecule has 3 nitrogen and oxygen atoms in total. The van der Waals surface area contributed by atoms with E-state index in [1.54, 1.807) is 19.4 Å². The first-order valence-electron chi connectivity index (χ1n) is 4.38. The quantitative estimate of drug-likeness (QED) is 0.850. The van der Waals surface area contributed by atoms with Gasteiger partial charge in [0, 0.05) is 24.1 Å². The molecule has 0 unspecified atom stereocenters. The first-order chi connectivity index (χ1) is 7.01. The Morgan fingerprint density at radius 2 is 2.27 bits per heavy atom. The molecule has 0 saturated carbocycles. The molecule has 0 bridgehead atoms. The summed E-state index contributed by atoms with van der Waals surface area (Å²) in [5.41, 5.74) is -3.18. The standard InChI is InChI=1S/C8H12F3N3S/c1-12-4-7-5-13-14(6-7)2-3-15-8(9,10)11/h5-6,12H,2-4H2,1H3. The fourth-order valence-electron chi connectivity index (χ4n) is 1.08. The lowest BCUT2D eigenvalue weighted by Crippen LogP contribution is -2.07. The predicted octanol–water partition coefficient (Wildman–Crippen LogP) is 1.86. The average molecular weight is 239 g/mol. The Labute approximate surface area is 90.0 Å². The van der Waals surface area contributed by atoms with Crippen LogP contribution in [0.5, 0.6) is 0 Å². The lowest BCUT2D eigenvalue weighted by atomic mass is 10.4. The number of aromatic nitrogens is 2. The minimum absolute atomic E-state index is 0.00975. The van der Waals surface area contributed by atoms with E-state index in [2.05, 4.69) is 10.4 Å². The third-order valence-corrected chi connectivity index (χ3v) is 2.37. The molecule has 1 aromatic rings. The summed E-state index contributed by atoms with van der Waals surface area (Å²) in [5, 5.41) is 6.89. The highest BCUT2D eigenvalue weighted by Crippen LogP contribution is 2.29. The van der Waals surface area contributed by atoms with Gasteiger partial charge in [-0.2, -0.15) is 18.3 Å². The Morgan fingerprint density at radius 3 is 2.87 bits per heavy atom. The van der Waals surface area contributed by atoms with Crippen LogP contribution in [-0.4, -0.2) is 28.1 Å². The number of hydrogen-bond acceptors (Lipinski definition) is 3. The average Bonchev–Trinajstić information content (AvgIpc) is 2.51. The third-order valence-electron chi connectivity index (χ3n) is 1.65. The predicted molar refractivity (Wildman–Crippen MR) is 53.5 cm³/mol. The second-order valence-electron chi connectivity index (χ2n) is 2.94. The van der Waals surface area contributed by atoms with Gasteiger partial charge in [-0.15, -0.1) is 0 Å². The monoisotopic (exact) mass is 239 g/mol. The van der Waals surface area contributed by atoms with Crippen LogP contribution in [0.4, 0.5) is 13.2 Å². The van der Waals surface area contributed by atoms with Gasteiger partial charge in [0.25, 0.3) is 0 Å². The number of hydrogen-bond donors (Lipinski definition) is 1. The lowest BCUT2D eigenvalue weighted by molar-refractivity contribution is -0.0328. The van der Waals surface area contributed by atoms with Crippen LogP contribution < -0.4 is 5.32 Å². The van der Waals surface area contributed by atoms with E-state index < -0.39 is 5.51 Å². The van der Waals surface area contributed by atoms with Gasteiger partial charge >= 0.3 is 5.51 Å². The van der Waals surface area contributed by atoms with Crippen molar-refractivity contribution in [3.8, 4) is 0 Å². The maximum Gasteiger partial charge on any atom is 0.441 e. The molecule has 0 aliphatic rings. The lowest BCUT2D eigenvalue weighted by Gasteiger charge is -2.04. The number of rotatable bonds is 5. The molecule has 0 saturated heterocycles. The van der Waals surface area contributed by atoms with Crippen LogP contribution in [0.2, 0.25) is 0 Å². The van der Waals surface area contributed by atoms with E-state index in [0.717, 1.165) is 5.56 Å². The molecule has 1 aromatic heterocycles. The Morgan fingerprint density at radius 1 is 1.53 bits per heavy atom. The first-order valence-corrected chi connectivity index (χ1v) is 5.36. The molecule has 1 rings (SSSR count). The van der Waals surface area contributed by atoms with Crippen molar-refractivity contribution in [2.45, 2.75) is 18.6 Å². The zero-order valence-corrected chi connectivity index (χ0v) is 9.03. The number of halogens is 3. The van der Waals surface area contributed by atoms with Gasteiger partial charge in [0.05, 0.1) is 12.7 Å². The number of nitrogens with zero attached hydrogens (tertiary/aromatic N) is 2. The largest absolute Gasteiger partial charge is 0.441 e. The summed E-state index contributed by atoms with van der Waals surface area (Å²) in [6.45, 7) is 0.945. The minimum atomic E-state index is -4.15. The van der Waals surface area contributed by atoms with Crippen molar-refractivity contribution in [2.24, 2.45) is 0 Å². The molecule has 0 aromatic carbocycles. The number of nitrogens with one attached hydrogen (secondary N) is 1. The van der Waals surface area contributed by atoms with Crippen LogP contribution >= 0.6 is 11.8 Å². The van der Waals surface area contributed by atoms with Gasteiger partial charge in [0.2, 0.25) is 0 Å². The number of aryl methyl sites for hydroxylation is 1. The first kappa shape index (κ1) is 12.4. The van der Waals surface area contributed by atoms with Gasteiger partial charge in [-0.3, -0.25) is 4.68 Å². The fraction of sp³-hybridized carbons (Fsp3) is 0.625. The van der Waals surface area contributed by atoms with E-state index in [0.29, 0.717) is 6.54 Å². The SMILES string of the molecule is CNCc1cnn(CCSC(F)(F)F)c1. The summed E-state index contributed by atoms with van der Waals surface area (Å²) >= 11 is -0.0254. The maximum absolute atomic E-state index is 11.8. The van der Waals surface area contributed by atoms with Gasteiger partial charge in [-0.05, 0) is 18.8 Å². The van der Waals surface area contributed by atoms with Crippen LogP contribution in [0.15, 0.2) is 12.4 Å². The molecule has 0 fully saturated rings. The highest BCUT2D eigenvalue weighted by atomic mass is 32.2. The minimum Gasteiger partial charge on any atom is -0.316 e. The smallest absolute Gasteiger partial charge is 0.316 e. The highest BCUT2D eigenvalue weighted by molar-refractivity contribution is 8.00. The highest BCUT2D eigenvalue weighted by Gasteiger charge is 2.27. The Hall–Kier alpha value is -0.690. The van der Waals surface area contributed by atoms with Gasteiger partial charge in [0.15, 0.2) is 0 Å². The van der Waals surface area contributed by atoms with Crippen LogP contribution in [0.3, 0.4) is 0 Å². The molecule has 15 heavy (non-hydrogen) atoms. The topological polar surface area (TPSA) is 29.9 Å². The van der Waals surface area contributed by atoms with E-state index in [4.69, 9.17) is 0 Å². The van der Waals surface area contributed by atoms with Gasteiger partial charge < -0.3 is 5.32 Å². The van der Waals surface area contributed by atoms with E-state index >= 15 is 0 Å². The van der Waals surface area contributed by atoms with Crippen molar-refractivity contribution in [2.75, 3.05) is 12.8 Å². The van der Waals surface area contributed by atoms with Crippen molar-refractivity contribution in [3.63, 3.8) is 0 Å². The molecule has 0 aliphatic heterocycles. The van der Waals surface area contributed by atoms with Crippen LogP contribution in [0.1, 0.15) is 5.56 Å². The molecule has 0 amide bonds. The molecule has 86 valence electrons. The summed E-state index contributed by atoms with van der Waals surface area (Å²) in [4.78, 5) is 0. The summed E-state index contributed by atoms with van der Waals surface area (Å²) in [7, 11) is 1.80. The second kappa shape index (κ2) is 5.41. The summed E-state index contributed by atoms with van der Waals surface area (Å²) < 4.78 is 36.9. The molecule has 1 N–H and O–H groups in total. The molecule has 0 aliphatic carbocycles. The number of thioether (sulfide) groups is 1. The maximum atomic E-state index is 11.8. The normalized spacial score (nSPS) is 12.0. The zero-order chi connectivity index (χ0) is 11.3. The molecule has 1 heterocycles. The van der Waals surface area contributed by atoms with E-state index in [1.165, 1.54) is 4.68 Å². The summed E-state index contributed by atoms with van der Waals surface area (Å²) in [5.74, 6) is -0.00975. The van der Waals surface area contributed by atoms with E-state index in [9.17, 15) is 13.2 Å². The van der Waals surface area contributed by atoms with Crippen molar-refractivity contribution < 1.29 is 13.2 Å². The van der Waals surface area contributed by atoms with Crippen LogP contribution in [0.25, 0.3) is 0 Å². The summed E-state index contributed by atoms with van der Waals surface area (Å²) in [6, 6.07) is 0. The fourth-order valence-corrected chi connectivity index (χ4v) is 1.59. The van der Waals surface area contributed by atoms with E-state index in [1.807, 2.05) is 0 Å². The molecule has 7 heteroatoms. The van der Waals surface area contributed by atoms with Crippen molar-refractivity contribution in [1.29, 1.82) is 0 Å². The molecule has 0 atom stereocenters. The van der Waals surface area contributed by atoms with Gasteiger partial charge in [0.1, 0.15) is 0 Å².